The first-order valence-corrected chi connectivity index (χ1v) is 9.60. The summed E-state index contributed by atoms with van der Waals surface area (Å²) in [6.07, 6.45) is 0. The van der Waals surface area contributed by atoms with Gasteiger partial charge in [0.1, 0.15) is 11.4 Å². The number of fused-ring (bicyclic) bond motifs is 1. The van der Waals surface area contributed by atoms with Crippen molar-refractivity contribution in [2.75, 3.05) is 20.2 Å². The summed E-state index contributed by atoms with van der Waals surface area (Å²) < 4.78 is 16.5. The first-order valence-electron chi connectivity index (χ1n) is 9.60. The van der Waals surface area contributed by atoms with Crippen LogP contribution in [0.4, 0.5) is 4.39 Å². The first-order chi connectivity index (χ1) is 13.9. The van der Waals surface area contributed by atoms with E-state index in [1.54, 1.807) is 33.7 Å². The van der Waals surface area contributed by atoms with E-state index in [1.165, 1.54) is 12.1 Å². The van der Waals surface area contributed by atoms with Crippen LogP contribution in [-0.4, -0.2) is 39.7 Å². The molecule has 6 nitrogen and oxygen atoms in total. The standard InChI is InChI=1S/C22H24FN3O3/c1-14-4-9-18(16-5-7-17(23)8-6-16)15(2)19(14)20-21(27)25-12-10-24(29-3)11-13-26(25)22(20)28/h4-9,27H,10-13H2,1-3H3. The lowest BCUT2D eigenvalue weighted by atomic mass is 9.90. The molecule has 0 bridgehead atoms. The largest absolute Gasteiger partial charge is 0.493 e. The molecule has 0 unspecified atom stereocenters. The Morgan fingerprint density at radius 3 is 2.24 bits per heavy atom. The number of halogens is 1. The zero-order chi connectivity index (χ0) is 20.7. The minimum Gasteiger partial charge on any atom is -0.493 e. The number of hydrogen-bond donors (Lipinski definition) is 1. The summed E-state index contributed by atoms with van der Waals surface area (Å²) in [6, 6.07) is 10.2. The van der Waals surface area contributed by atoms with E-state index in [9.17, 15) is 14.3 Å². The van der Waals surface area contributed by atoms with Gasteiger partial charge in [-0.3, -0.25) is 4.79 Å². The maximum Gasteiger partial charge on any atom is 0.278 e. The molecule has 1 aliphatic heterocycles. The number of hydroxylamine groups is 2. The Kier molecular flexibility index (Phi) is 5.02. The van der Waals surface area contributed by atoms with Crippen LogP contribution in [-0.2, 0) is 17.9 Å². The molecule has 0 atom stereocenters. The molecule has 1 aromatic heterocycles. The third-order valence-corrected chi connectivity index (χ3v) is 5.67. The van der Waals surface area contributed by atoms with Crippen LogP contribution in [0.2, 0.25) is 0 Å². The van der Waals surface area contributed by atoms with Gasteiger partial charge >= 0.3 is 0 Å². The van der Waals surface area contributed by atoms with Crippen molar-refractivity contribution in [1.29, 1.82) is 0 Å². The second-order valence-electron chi connectivity index (χ2n) is 7.30. The zero-order valence-corrected chi connectivity index (χ0v) is 16.8. The van der Waals surface area contributed by atoms with Gasteiger partial charge in [-0.1, -0.05) is 24.3 Å². The molecule has 0 fully saturated rings. The minimum atomic E-state index is -0.295. The van der Waals surface area contributed by atoms with E-state index < -0.39 is 0 Å². The third kappa shape index (κ3) is 3.26. The highest BCUT2D eigenvalue weighted by molar-refractivity contribution is 5.82. The molecule has 0 amide bonds. The Labute approximate surface area is 168 Å². The molecule has 4 rings (SSSR count). The Morgan fingerprint density at radius 1 is 0.931 bits per heavy atom. The van der Waals surface area contributed by atoms with Crippen molar-refractivity contribution in [3.8, 4) is 28.1 Å². The third-order valence-electron chi connectivity index (χ3n) is 5.67. The maximum absolute atomic E-state index is 13.3. The lowest BCUT2D eigenvalue weighted by Crippen LogP contribution is -2.27. The van der Waals surface area contributed by atoms with Crippen molar-refractivity contribution in [3.63, 3.8) is 0 Å². The SMILES string of the molecule is CON1CCn2c(O)c(-c3c(C)ccc(-c4ccc(F)cc4)c3C)c(=O)n2CC1. The van der Waals surface area contributed by atoms with Crippen molar-refractivity contribution in [2.45, 2.75) is 26.9 Å². The second-order valence-corrected chi connectivity index (χ2v) is 7.30. The second kappa shape index (κ2) is 7.50. The van der Waals surface area contributed by atoms with Crippen LogP contribution in [0.1, 0.15) is 11.1 Å². The van der Waals surface area contributed by atoms with E-state index in [2.05, 4.69) is 0 Å². The highest BCUT2D eigenvalue weighted by atomic mass is 19.1. The van der Waals surface area contributed by atoms with Crippen molar-refractivity contribution >= 4 is 0 Å². The van der Waals surface area contributed by atoms with Gasteiger partial charge in [0.15, 0.2) is 0 Å². The molecule has 1 N–H and O–H groups in total. The molecule has 2 aromatic carbocycles. The normalized spacial score (nSPS) is 14.6. The van der Waals surface area contributed by atoms with Gasteiger partial charge in [0.25, 0.3) is 5.56 Å². The van der Waals surface area contributed by atoms with E-state index in [0.717, 1.165) is 27.8 Å². The predicted molar refractivity (Wildman–Crippen MR) is 109 cm³/mol. The van der Waals surface area contributed by atoms with Crippen LogP contribution in [0, 0.1) is 19.7 Å². The first kappa shape index (κ1) is 19.4. The van der Waals surface area contributed by atoms with E-state index in [1.807, 2.05) is 26.0 Å². The highest BCUT2D eigenvalue weighted by Gasteiger charge is 2.26. The molecule has 7 heteroatoms. The van der Waals surface area contributed by atoms with E-state index in [0.29, 0.717) is 31.7 Å². The molecule has 3 aromatic rings. The summed E-state index contributed by atoms with van der Waals surface area (Å²) in [5, 5.41) is 12.7. The number of nitrogens with zero attached hydrogens (tertiary/aromatic N) is 3. The molecule has 0 aliphatic carbocycles. The molecular formula is C22H24FN3O3. The van der Waals surface area contributed by atoms with Gasteiger partial charge in [-0.25, -0.2) is 13.8 Å². The Hall–Kier alpha value is -2.90. The fourth-order valence-corrected chi connectivity index (χ4v) is 4.13. The van der Waals surface area contributed by atoms with E-state index in [-0.39, 0.29) is 17.3 Å². The number of benzene rings is 2. The fraction of sp³-hybridized carbons (Fsp3) is 0.318. The summed E-state index contributed by atoms with van der Waals surface area (Å²) in [5.41, 5.74) is 4.37. The van der Waals surface area contributed by atoms with Crippen LogP contribution in [0.25, 0.3) is 22.3 Å². The molecule has 2 heterocycles. The number of aromatic hydroxyl groups is 1. The van der Waals surface area contributed by atoms with Gasteiger partial charge in [0.2, 0.25) is 5.88 Å². The quantitative estimate of drug-likeness (QED) is 0.737. The summed E-state index contributed by atoms with van der Waals surface area (Å²) in [7, 11) is 1.60. The summed E-state index contributed by atoms with van der Waals surface area (Å²) in [4.78, 5) is 18.5. The van der Waals surface area contributed by atoms with Crippen molar-refractivity contribution in [1.82, 2.24) is 14.4 Å². The van der Waals surface area contributed by atoms with Crippen molar-refractivity contribution in [3.05, 3.63) is 63.7 Å². The van der Waals surface area contributed by atoms with Crippen LogP contribution in [0.15, 0.2) is 41.2 Å². The molecular weight excluding hydrogens is 373 g/mol. The molecule has 1 aliphatic rings. The maximum atomic E-state index is 13.3. The van der Waals surface area contributed by atoms with Crippen LogP contribution >= 0.6 is 0 Å². The predicted octanol–water partition coefficient (Wildman–Crippen LogP) is 3.32. The van der Waals surface area contributed by atoms with Gasteiger partial charge in [0.05, 0.1) is 20.2 Å². The smallest absolute Gasteiger partial charge is 0.278 e. The average Bonchev–Trinajstić information content (AvgIpc) is 2.86. The van der Waals surface area contributed by atoms with Crippen LogP contribution in [0.5, 0.6) is 5.88 Å². The summed E-state index contributed by atoms with van der Waals surface area (Å²) in [6.45, 7) is 5.87. The van der Waals surface area contributed by atoms with E-state index in [4.69, 9.17) is 4.84 Å². The monoisotopic (exact) mass is 397 g/mol. The van der Waals surface area contributed by atoms with Crippen molar-refractivity contribution in [2.24, 2.45) is 0 Å². The van der Waals surface area contributed by atoms with Gasteiger partial charge in [-0.05, 0) is 53.8 Å². The molecule has 0 saturated carbocycles. The summed E-state index contributed by atoms with van der Waals surface area (Å²) in [5.74, 6) is -0.327. The molecule has 0 radical (unpaired) electrons. The van der Waals surface area contributed by atoms with Crippen LogP contribution in [0.3, 0.4) is 0 Å². The Morgan fingerprint density at radius 2 is 1.59 bits per heavy atom. The van der Waals surface area contributed by atoms with Crippen LogP contribution < -0.4 is 5.56 Å². The molecule has 152 valence electrons. The molecule has 0 spiro atoms. The lowest BCUT2D eigenvalue weighted by Gasteiger charge is -2.16. The van der Waals surface area contributed by atoms with E-state index >= 15 is 0 Å². The lowest BCUT2D eigenvalue weighted by molar-refractivity contribution is -0.130. The molecule has 29 heavy (non-hydrogen) atoms. The topological polar surface area (TPSA) is 59.6 Å². The van der Waals surface area contributed by atoms with Gasteiger partial charge in [0, 0.05) is 13.1 Å². The zero-order valence-electron chi connectivity index (χ0n) is 16.8. The number of aromatic nitrogens is 2. The highest BCUT2D eigenvalue weighted by Crippen LogP contribution is 2.37. The van der Waals surface area contributed by atoms with Gasteiger partial charge in [-0.2, -0.15) is 5.06 Å². The van der Waals surface area contributed by atoms with Gasteiger partial charge < -0.3 is 9.94 Å². The van der Waals surface area contributed by atoms with Crippen molar-refractivity contribution < 1.29 is 14.3 Å². The van der Waals surface area contributed by atoms with Gasteiger partial charge in [-0.15, -0.1) is 0 Å². The Balaban J connectivity index is 1.87. The molecule has 0 saturated heterocycles. The Bertz CT molecular complexity index is 1120. The number of hydrogen-bond acceptors (Lipinski definition) is 4. The average molecular weight is 397 g/mol. The summed E-state index contributed by atoms with van der Waals surface area (Å²) >= 11 is 0. The fourth-order valence-electron chi connectivity index (χ4n) is 4.13. The number of aryl methyl sites for hydroxylation is 1. The number of rotatable bonds is 3. The minimum absolute atomic E-state index is 0.0320.